The zero-order valence-corrected chi connectivity index (χ0v) is 10.1. The van der Waals surface area contributed by atoms with Crippen LogP contribution in [0.2, 0.25) is 0 Å². The zero-order valence-electron chi connectivity index (χ0n) is 10.1. The third kappa shape index (κ3) is 5.47. The van der Waals surface area contributed by atoms with Gasteiger partial charge >= 0.3 is 11.9 Å². The van der Waals surface area contributed by atoms with Crippen molar-refractivity contribution in [2.75, 3.05) is 13.2 Å². The standard InChI is InChI=1S/C12H17NO5/c14-10(15)8-9-4-2-1-3-5-11(16)18-7-6-13-12(9)17/h1-2,9H,3-8H2,(H,13,17)(H,14,15)/b2-1-/t9-/m0/s1. The Bertz CT molecular complexity index is 350. The Morgan fingerprint density at radius 3 is 2.94 bits per heavy atom. The number of hydrogen-bond acceptors (Lipinski definition) is 4. The summed E-state index contributed by atoms with van der Waals surface area (Å²) in [4.78, 5) is 33.5. The Labute approximate surface area is 105 Å². The Balaban J connectivity index is 2.61. The van der Waals surface area contributed by atoms with Crippen molar-refractivity contribution >= 4 is 17.8 Å². The largest absolute Gasteiger partial charge is 0.481 e. The van der Waals surface area contributed by atoms with Gasteiger partial charge in [0, 0.05) is 6.42 Å². The molecule has 2 N–H and O–H groups in total. The van der Waals surface area contributed by atoms with E-state index in [1.165, 1.54) is 0 Å². The molecule has 1 heterocycles. The van der Waals surface area contributed by atoms with Crippen molar-refractivity contribution in [3.63, 3.8) is 0 Å². The van der Waals surface area contributed by atoms with Crippen molar-refractivity contribution in [1.29, 1.82) is 0 Å². The van der Waals surface area contributed by atoms with Crippen LogP contribution in [0.4, 0.5) is 0 Å². The summed E-state index contributed by atoms with van der Waals surface area (Å²) in [5.74, 6) is -2.19. The smallest absolute Gasteiger partial charge is 0.306 e. The second kappa shape index (κ2) is 7.47. The number of amides is 1. The van der Waals surface area contributed by atoms with Gasteiger partial charge in [-0.05, 0) is 12.8 Å². The van der Waals surface area contributed by atoms with Crippen LogP contribution in [-0.2, 0) is 19.1 Å². The first kappa shape index (κ1) is 14.2. The van der Waals surface area contributed by atoms with Gasteiger partial charge in [0.15, 0.2) is 0 Å². The van der Waals surface area contributed by atoms with Gasteiger partial charge in [0.25, 0.3) is 0 Å². The van der Waals surface area contributed by atoms with Crippen LogP contribution in [0.1, 0.15) is 25.7 Å². The monoisotopic (exact) mass is 255 g/mol. The molecule has 0 spiro atoms. The van der Waals surface area contributed by atoms with E-state index in [1.807, 2.05) is 0 Å². The van der Waals surface area contributed by atoms with E-state index in [9.17, 15) is 14.4 Å². The molecule has 1 amide bonds. The molecule has 0 saturated heterocycles. The summed E-state index contributed by atoms with van der Waals surface area (Å²) in [5, 5.41) is 11.3. The van der Waals surface area contributed by atoms with Gasteiger partial charge in [0.05, 0.1) is 18.9 Å². The molecule has 1 aliphatic heterocycles. The first-order chi connectivity index (χ1) is 8.59. The van der Waals surface area contributed by atoms with Crippen LogP contribution in [0.5, 0.6) is 0 Å². The van der Waals surface area contributed by atoms with Gasteiger partial charge in [0.1, 0.15) is 6.61 Å². The number of carboxylic acids is 1. The number of aliphatic carboxylic acids is 1. The van der Waals surface area contributed by atoms with Gasteiger partial charge in [0.2, 0.25) is 5.91 Å². The Hall–Kier alpha value is -1.85. The van der Waals surface area contributed by atoms with E-state index in [4.69, 9.17) is 9.84 Å². The molecule has 0 radical (unpaired) electrons. The Morgan fingerprint density at radius 1 is 1.44 bits per heavy atom. The molecule has 6 nitrogen and oxygen atoms in total. The molecule has 0 aromatic rings. The van der Waals surface area contributed by atoms with Crippen LogP contribution in [0.15, 0.2) is 12.2 Å². The summed E-state index contributed by atoms with van der Waals surface area (Å²) in [6.07, 6.45) is 4.52. The van der Waals surface area contributed by atoms with Gasteiger partial charge < -0.3 is 15.2 Å². The highest BCUT2D eigenvalue weighted by molar-refractivity contribution is 5.83. The molecule has 100 valence electrons. The topological polar surface area (TPSA) is 92.7 Å². The maximum atomic E-state index is 11.7. The fourth-order valence-corrected chi connectivity index (χ4v) is 1.63. The zero-order chi connectivity index (χ0) is 13.4. The van der Waals surface area contributed by atoms with Crippen molar-refractivity contribution in [2.45, 2.75) is 25.7 Å². The van der Waals surface area contributed by atoms with Gasteiger partial charge in [-0.15, -0.1) is 0 Å². The van der Waals surface area contributed by atoms with Crippen molar-refractivity contribution < 1.29 is 24.2 Å². The molecule has 1 atom stereocenters. The van der Waals surface area contributed by atoms with Gasteiger partial charge in [-0.2, -0.15) is 0 Å². The highest BCUT2D eigenvalue weighted by Crippen LogP contribution is 2.11. The van der Waals surface area contributed by atoms with Crippen LogP contribution in [0.25, 0.3) is 0 Å². The number of hydrogen-bond donors (Lipinski definition) is 2. The molecule has 0 aromatic heterocycles. The number of carboxylic acid groups (broad SMARTS) is 1. The summed E-state index contributed by atoms with van der Waals surface area (Å²) < 4.78 is 4.88. The summed E-state index contributed by atoms with van der Waals surface area (Å²) in [6.45, 7) is 0.332. The highest BCUT2D eigenvalue weighted by Gasteiger charge is 2.20. The quantitative estimate of drug-likeness (QED) is 0.553. The lowest BCUT2D eigenvalue weighted by molar-refractivity contribution is -0.144. The molecule has 1 aliphatic rings. The Morgan fingerprint density at radius 2 is 2.22 bits per heavy atom. The van der Waals surface area contributed by atoms with E-state index in [2.05, 4.69) is 5.32 Å². The molecule has 0 saturated carbocycles. The molecule has 0 bridgehead atoms. The second-order valence-corrected chi connectivity index (χ2v) is 4.05. The summed E-state index contributed by atoms with van der Waals surface area (Å²) >= 11 is 0. The SMILES string of the molecule is O=C(O)C[C@@H]1C/C=C\CCC(=O)OCCNC1=O. The predicted molar refractivity (Wildman–Crippen MR) is 62.7 cm³/mol. The number of carbonyl (C=O) groups excluding carboxylic acids is 2. The Kier molecular flexibility index (Phi) is 5.90. The number of rotatable bonds is 2. The molecule has 0 fully saturated rings. The average Bonchev–Trinajstić information content (AvgIpc) is 2.30. The maximum Gasteiger partial charge on any atom is 0.306 e. The summed E-state index contributed by atoms with van der Waals surface area (Å²) in [5.41, 5.74) is 0. The lowest BCUT2D eigenvalue weighted by Gasteiger charge is -2.14. The van der Waals surface area contributed by atoms with Crippen LogP contribution in [0.3, 0.4) is 0 Å². The number of esters is 1. The summed E-state index contributed by atoms with van der Waals surface area (Å²) in [6, 6.07) is 0. The second-order valence-electron chi connectivity index (χ2n) is 4.05. The van der Waals surface area contributed by atoms with Crippen LogP contribution < -0.4 is 5.32 Å². The molecular weight excluding hydrogens is 238 g/mol. The average molecular weight is 255 g/mol. The van der Waals surface area contributed by atoms with E-state index in [0.29, 0.717) is 19.3 Å². The number of nitrogens with one attached hydrogen (secondary N) is 1. The van der Waals surface area contributed by atoms with Crippen LogP contribution in [0, 0.1) is 5.92 Å². The molecule has 6 heteroatoms. The van der Waals surface area contributed by atoms with Crippen molar-refractivity contribution in [3.05, 3.63) is 12.2 Å². The number of carbonyl (C=O) groups is 3. The fraction of sp³-hybridized carbons (Fsp3) is 0.583. The van der Waals surface area contributed by atoms with Crippen LogP contribution >= 0.6 is 0 Å². The minimum atomic E-state index is -0.998. The third-order valence-electron chi connectivity index (χ3n) is 2.56. The number of cyclic esters (lactones) is 1. The van der Waals surface area contributed by atoms with Crippen molar-refractivity contribution in [2.24, 2.45) is 5.92 Å². The van der Waals surface area contributed by atoms with Crippen molar-refractivity contribution in [1.82, 2.24) is 5.32 Å². The van der Waals surface area contributed by atoms with E-state index in [0.717, 1.165) is 0 Å². The summed E-state index contributed by atoms with van der Waals surface area (Å²) in [7, 11) is 0. The van der Waals surface area contributed by atoms with Gasteiger partial charge in [-0.1, -0.05) is 12.2 Å². The first-order valence-electron chi connectivity index (χ1n) is 5.89. The van der Waals surface area contributed by atoms with E-state index < -0.39 is 11.9 Å². The predicted octanol–water partition coefficient (Wildman–Crippen LogP) is 0.477. The highest BCUT2D eigenvalue weighted by atomic mass is 16.5. The lowest BCUT2D eigenvalue weighted by atomic mass is 10.00. The number of allylic oxidation sites excluding steroid dienone is 2. The van der Waals surface area contributed by atoms with Crippen LogP contribution in [-0.4, -0.2) is 36.1 Å². The van der Waals surface area contributed by atoms with E-state index in [-0.39, 0.29) is 31.4 Å². The van der Waals surface area contributed by atoms with E-state index in [1.54, 1.807) is 12.2 Å². The van der Waals surface area contributed by atoms with Crippen molar-refractivity contribution in [3.8, 4) is 0 Å². The molecule has 0 unspecified atom stereocenters. The molecular formula is C12H17NO5. The third-order valence-corrected chi connectivity index (χ3v) is 2.56. The fourth-order valence-electron chi connectivity index (χ4n) is 1.63. The molecule has 0 aliphatic carbocycles. The minimum absolute atomic E-state index is 0.119. The lowest BCUT2D eigenvalue weighted by Crippen LogP contribution is -2.34. The molecule has 18 heavy (non-hydrogen) atoms. The van der Waals surface area contributed by atoms with Gasteiger partial charge in [-0.25, -0.2) is 0 Å². The normalized spacial score (nSPS) is 24.1. The van der Waals surface area contributed by atoms with Gasteiger partial charge in [-0.3, -0.25) is 14.4 Å². The number of ether oxygens (including phenoxy) is 1. The maximum absolute atomic E-state index is 11.7. The minimum Gasteiger partial charge on any atom is -0.481 e. The van der Waals surface area contributed by atoms with E-state index >= 15 is 0 Å². The molecule has 1 rings (SSSR count). The molecule has 0 aromatic carbocycles. The first-order valence-corrected chi connectivity index (χ1v) is 5.89.